The van der Waals surface area contributed by atoms with Crippen LogP contribution in [-0.4, -0.2) is 163 Å². The van der Waals surface area contributed by atoms with Gasteiger partial charge in [-0.05, 0) is 60.0 Å². The van der Waals surface area contributed by atoms with E-state index in [-0.39, 0.29) is 37.9 Å². The highest BCUT2D eigenvalue weighted by Gasteiger charge is 2.53. The molecule has 0 radical (unpaired) electrons. The Bertz CT molecular complexity index is 1380. The molecule has 9 unspecified atom stereocenters. The molecule has 4 aliphatic heterocycles. The lowest BCUT2D eigenvalue weighted by Gasteiger charge is -2.50. The topological polar surface area (TPSA) is 219 Å². The van der Waals surface area contributed by atoms with Gasteiger partial charge in [0.25, 0.3) is 0 Å². The van der Waals surface area contributed by atoms with Gasteiger partial charge in [0.1, 0.15) is 48.5 Å². The molecular formula is C40H65NO16. The van der Waals surface area contributed by atoms with Crippen LogP contribution in [0, 0.1) is 11.8 Å². The van der Waals surface area contributed by atoms with Crippen molar-refractivity contribution in [3.05, 3.63) is 12.2 Å². The Morgan fingerprint density at radius 1 is 0.982 bits per heavy atom. The monoisotopic (exact) mass is 815 g/mol. The number of nitrogens with zero attached hydrogens (tertiary/aromatic N) is 1. The molecule has 3 saturated heterocycles. The minimum absolute atomic E-state index is 0.00512. The molecule has 4 heterocycles. The van der Waals surface area contributed by atoms with Gasteiger partial charge in [-0.25, -0.2) is 0 Å². The fraction of sp³-hybridized carbons (Fsp3) is 0.850. The van der Waals surface area contributed by atoms with Gasteiger partial charge in [0.15, 0.2) is 18.7 Å². The third kappa shape index (κ3) is 12.5. The summed E-state index contributed by atoms with van der Waals surface area (Å²) in [6.45, 7) is 11.3. The second-order valence-corrected chi connectivity index (χ2v) is 16.4. The van der Waals surface area contributed by atoms with Crippen molar-refractivity contribution in [2.24, 2.45) is 11.8 Å². The number of cyclic esters (lactones) is 1. The van der Waals surface area contributed by atoms with Crippen LogP contribution in [0.1, 0.15) is 87.0 Å². The number of aldehydes is 1. The summed E-state index contributed by atoms with van der Waals surface area (Å²) >= 11 is 0. The summed E-state index contributed by atoms with van der Waals surface area (Å²) in [5.41, 5.74) is -1.49. The van der Waals surface area contributed by atoms with Crippen LogP contribution in [0.15, 0.2) is 12.2 Å². The average molecular weight is 816 g/mol. The number of rotatable bonds is 11. The fourth-order valence-electron chi connectivity index (χ4n) is 8.31. The lowest BCUT2D eigenvalue weighted by molar-refractivity contribution is -0.344. The van der Waals surface area contributed by atoms with Crippen LogP contribution >= 0.6 is 0 Å². The number of methoxy groups -OCH3 is 1. The van der Waals surface area contributed by atoms with Gasteiger partial charge < -0.3 is 67.6 Å². The third-order valence-corrected chi connectivity index (χ3v) is 11.3. The SMILES string of the molecule is CCC(=O)OC1CC(=O)OC(C)CC2OC2/C=C/C(O)C(C)CC(CC=O)C(O[C@@H]2O[C@H](C)[C@@H](O[C@H]3C[C@@](C)(O)[C@@H](OC(C)=O)[C@H](C)O3)[C@H](N(C)C)[C@H]2O)C1OC. The molecule has 0 aromatic rings. The molecule has 18 atom stereocenters. The second-order valence-electron chi connectivity index (χ2n) is 16.4. The first-order valence-electron chi connectivity index (χ1n) is 20.0. The highest BCUT2D eigenvalue weighted by atomic mass is 16.7. The maximum absolute atomic E-state index is 13.4. The summed E-state index contributed by atoms with van der Waals surface area (Å²) in [4.78, 5) is 52.0. The molecule has 17 heteroatoms. The number of ether oxygens (including phenoxy) is 9. The summed E-state index contributed by atoms with van der Waals surface area (Å²) < 4.78 is 54.1. The number of carbonyl (C=O) groups excluding carboxylic acids is 4. The zero-order chi connectivity index (χ0) is 42.4. The minimum atomic E-state index is -1.49. The van der Waals surface area contributed by atoms with E-state index in [0.717, 1.165) is 0 Å². The van der Waals surface area contributed by atoms with Crippen molar-refractivity contribution in [2.75, 3.05) is 21.2 Å². The summed E-state index contributed by atoms with van der Waals surface area (Å²) in [6.07, 6.45) is -8.23. The molecule has 17 nitrogen and oxygen atoms in total. The Hall–Kier alpha value is -2.58. The number of aliphatic hydroxyl groups excluding tert-OH is 2. The van der Waals surface area contributed by atoms with E-state index in [0.29, 0.717) is 12.7 Å². The molecule has 0 amide bonds. The van der Waals surface area contributed by atoms with E-state index in [2.05, 4.69) is 0 Å². The summed E-state index contributed by atoms with van der Waals surface area (Å²) in [7, 11) is 4.85. The molecule has 0 saturated carbocycles. The third-order valence-electron chi connectivity index (χ3n) is 11.3. The van der Waals surface area contributed by atoms with Gasteiger partial charge >= 0.3 is 17.9 Å². The standard InChI is InChI=1S/C40H65NO16/c1-11-30(45)55-29-18-31(46)50-21(3)17-28-27(54-28)13-12-26(44)20(2)16-25(14-15-42)36(37(29)49-10)57-39-34(47)33(41(8)9)35(22(4)52-39)56-32-19-40(7,48)38(23(5)51-32)53-24(6)43/h12-13,15,20-23,25-29,32-39,44,47-48H,11,14,16-19H2,1-10H3/b13-12+/t20?,21?,22-,23+,25?,26?,27?,28?,29?,32+,33-,34-,35-,36?,37?,38+,39+,40-/m1/s1. The van der Waals surface area contributed by atoms with Crippen molar-refractivity contribution in [1.29, 1.82) is 0 Å². The minimum Gasteiger partial charge on any atom is -0.462 e. The lowest BCUT2D eigenvalue weighted by Crippen LogP contribution is -2.66. The Morgan fingerprint density at radius 3 is 2.28 bits per heavy atom. The van der Waals surface area contributed by atoms with E-state index >= 15 is 0 Å². The predicted octanol–water partition coefficient (Wildman–Crippen LogP) is 1.59. The molecule has 4 aliphatic rings. The first-order chi connectivity index (χ1) is 26.8. The molecule has 57 heavy (non-hydrogen) atoms. The van der Waals surface area contributed by atoms with Crippen molar-refractivity contribution in [3.63, 3.8) is 0 Å². The first-order valence-corrected chi connectivity index (χ1v) is 20.0. The molecule has 3 N–H and O–H groups in total. The maximum Gasteiger partial charge on any atom is 0.309 e. The Kier molecular flexibility index (Phi) is 17.0. The van der Waals surface area contributed by atoms with E-state index in [1.807, 2.05) is 6.92 Å². The zero-order valence-electron chi connectivity index (χ0n) is 34.9. The molecule has 0 spiro atoms. The number of likely N-dealkylation sites (N-methyl/N-ethyl adjacent to an activating group) is 1. The fourth-order valence-corrected chi connectivity index (χ4v) is 8.31. The van der Waals surface area contributed by atoms with Crippen LogP contribution in [0.4, 0.5) is 0 Å². The Balaban J connectivity index is 1.68. The van der Waals surface area contributed by atoms with Gasteiger partial charge in [-0.15, -0.1) is 0 Å². The molecule has 4 rings (SSSR count). The van der Waals surface area contributed by atoms with Gasteiger partial charge in [0, 0.05) is 39.7 Å². The van der Waals surface area contributed by atoms with Crippen molar-refractivity contribution in [3.8, 4) is 0 Å². The molecule has 0 aromatic carbocycles. The Labute approximate surface area is 335 Å². The number of carbonyl (C=O) groups is 4. The quantitative estimate of drug-likeness (QED) is 0.0887. The van der Waals surface area contributed by atoms with Crippen LogP contribution in [0.2, 0.25) is 0 Å². The number of hydrogen-bond donors (Lipinski definition) is 3. The van der Waals surface area contributed by atoms with Gasteiger partial charge in [-0.2, -0.15) is 0 Å². The molecule has 0 aliphatic carbocycles. The van der Waals surface area contributed by atoms with E-state index in [1.165, 1.54) is 21.0 Å². The van der Waals surface area contributed by atoms with Crippen molar-refractivity contribution >= 4 is 24.2 Å². The van der Waals surface area contributed by atoms with Crippen LogP contribution in [0.3, 0.4) is 0 Å². The van der Waals surface area contributed by atoms with Crippen LogP contribution in [0.5, 0.6) is 0 Å². The zero-order valence-corrected chi connectivity index (χ0v) is 34.9. The normalized spacial score (nSPS) is 44.0. The van der Waals surface area contributed by atoms with E-state index in [9.17, 15) is 34.5 Å². The van der Waals surface area contributed by atoms with E-state index in [4.69, 9.17) is 42.6 Å². The number of hydrogen-bond acceptors (Lipinski definition) is 17. The van der Waals surface area contributed by atoms with Crippen molar-refractivity contribution < 1.29 is 77.1 Å². The highest BCUT2D eigenvalue weighted by molar-refractivity contribution is 5.72. The average Bonchev–Trinajstić information content (AvgIpc) is 3.86. The Morgan fingerprint density at radius 2 is 1.68 bits per heavy atom. The molecular weight excluding hydrogens is 750 g/mol. The predicted molar refractivity (Wildman–Crippen MR) is 200 cm³/mol. The number of epoxide rings is 1. The smallest absolute Gasteiger partial charge is 0.309 e. The van der Waals surface area contributed by atoms with Crippen LogP contribution < -0.4 is 0 Å². The van der Waals surface area contributed by atoms with Crippen molar-refractivity contribution in [2.45, 2.75) is 184 Å². The molecule has 0 aromatic heterocycles. The lowest BCUT2D eigenvalue weighted by atomic mass is 9.82. The number of aliphatic hydroxyl groups is 3. The number of esters is 3. The van der Waals surface area contributed by atoms with Gasteiger partial charge in [0.2, 0.25) is 0 Å². The van der Waals surface area contributed by atoms with Gasteiger partial charge in [-0.3, -0.25) is 14.4 Å². The molecule has 0 bridgehead atoms. The van der Waals surface area contributed by atoms with Gasteiger partial charge in [-0.1, -0.05) is 26.0 Å². The highest BCUT2D eigenvalue weighted by Crippen LogP contribution is 2.38. The van der Waals surface area contributed by atoms with E-state index in [1.54, 1.807) is 58.8 Å². The largest absolute Gasteiger partial charge is 0.462 e. The number of fused-ring (bicyclic) bond motifs is 1. The summed E-state index contributed by atoms with van der Waals surface area (Å²) in [5.74, 6) is -2.95. The molecule has 326 valence electrons. The van der Waals surface area contributed by atoms with Crippen LogP contribution in [0.25, 0.3) is 0 Å². The van der Waals surface area contributed by atoms with Crippen molar-refractivity contribution in [1.82, 2.24) is 4.90 Å². The molecule has 3 fully saturated rings. The summed E-state index contributed by atoms with van der Waals surface area (Å²) in [6, 6.07) is -0.782. The van der Waals surface area contributed by atoms with Gasteiger partial charge in [0.05, 0.1) is 43.0 Å². The van der Waals surface area contributed by atoms with Crippen LogP contribution in [-0.2, 0) is 61.8 Å². The summed E-state index contributed by atoms with van der Waals surface area (Å²) in [5, 5.41) is 34.5. The second kappa shape index (κ2) is 20.6. The first kappa shape index (κ1) is 47.1. The maximum atomic E-state index is 13.4. The van der Waals surface area contributed by atoms with E-state index < -0.39 is 121 Å².